The van der Waals surface area contributed by atoms with Gasteiger partial charge in [0, 0.05) is 7.11 Å². The van der Waals surface area contributed by atoms with Gasteiger partial charge in [-0.15, -0.1) is 5.16 Å². The lowest BCUT2D eigenvalue weighted by atomic mass is 9.97. The molecule has 0 saturated heterocycles. The van der Waals surface area contributed by atoms with Gasteiger partial charge in [0.15, 0.2) is 5.06 Å². The summed E-state index contributed by atoms with van der Waals surface area (Å²) >= 11 is 6.12. The van der Waals surface area contributed by atoms with Gasteiger partial charge in [-0.25, -0.2) is 0 Å². The average Bonchev–Trinajstić information content (AvgIpc) is 2.22. The predicted octanol–water partition coefficient (Wildman–Crippen LogP) is 1.74. The molecule has 1 aliphatic rings. The van der Waals surface area contributed by atoms with E-state index < -0.39 is 5.06 Å². The van der Waals surface area contributed by atoms with Crippen molar-refractivity contribution in [2.45, 2.75) is 5.06 Å². The molecule has 0 fully saturated rings. The van der Waals surface area contributed by atoms with Gasteiger partial charge < -0.3 is 14.7 Å². The first-order valence-electron chi connectivity index (χ1n) is 4.03. The molecule has 0 bridgehead atoms. The van der Waals surface area contributed by atoms with Crippen LogP contribution in [0.5, 0.6) is 0 Å². The Kier molecular flexibility index (Phi) is 3.55. The molecule has 0 saturated carbocycles. The summed E-state index contributed by atoms with van der Waals surface area (Å²) in [6.45, 7) is 0. The minimum atomic E-state index is -1.01. The number of hydrogen-bond donors (Lipinski definition) is 1. The molecule has 0 amide bonds. The van der Waals surface area contributed by atoms with Crippen LogP contribution in [0.4, 0.5) is 0 Å². The zero-order valence-corrected chi connectivity index (χ0v) is 8.73. The standard InChI is InChI=1S/C9H12ClNO3/c1-13-8-3-4-9(10,14-2)7(5-8)6-11-12/h3-7,12H,1-2H3/b11-6-/t7-,9+/m1/s1. The smallest absolute Gasteiger partial charge is 0.171 e. The van der Waals surface area contributed by atoms with Crippen LogP contribution in [0.1, 0.15) is 0 Å². The highest BCUT2D eigenvalue weighted by atomic mass is 35.5. The van der Waals surface area contributed by atoms with Crippen LogP contribution in [0.25, 0.3) is 0 Å². The average molecular weight is 218 g/mol. The molecular formula is C9H12ClNO3. The summed E-state index contributed by atoms with van der Waals surface area (Å²) in [7, 11) is 3.04. The molecule has 0 aliphatic heterocycles. The quantitative estimate of drug-likeness (QED) is 0.339. The molecule has 0 aromatic carbocycles. The lowest BCUT2D eigenvalue weighted by molar-refractivity contribution is 0.0856. The van der Waals surface area contributed by atoms with Crippen LogP contribution in [-0.2, 0) is 9.47 Å². The van der Waals surface area contributed by atoms with E-state index >= 15 is 0 Å². The maximum Gasteiger partial charge on any atom is 0.171 e. The topological polar surface area (TPSA) is 51.0 Å². The van der Waals surface area contributed by atoms with Gasteiger partial charge in [-0.2, -0.15) is 0 Å². The minimum absolute atomic E-state index is 0.362. The SMILES string of the molecule is COC1=C[C@H](/C=N\O)[C@@](Cl)(OC)C=C1. The molecule has 1 N–H and O–H groups in total. The van der Waals surface area contributed by atoms with Crippen LogP contribution < -0.4 is 0 Å². The van der Waals surface area contributed by atoms with Gasteiger partial charge in [0.05, 0.1) is 19.2 Å². The van der Waals surface area contributed by atoms with E-state index in [-0.39, 0.29) is 5.92 Å². The van der Waals surface area contributed by atoms with E-state index in [0.29, 0.717) is 5.76 Å². The summed E-state index contributed by atoms with van der Waals surface area (Å²) in [5.74, 6) is 0.294. The predicted molar refractivity (Wildman–Crippen MR) is 53.6 cm³/mol. The molecule has 1 aliphatic carbocycles. The van der Waals surface area contributed by atoms with Crippen molar-refractivity contribution in [3.05, 3.63) is 24.0 Å². The van der Waals surface area contributed by atoms with Crippen molar-refractivity contribution < 1.29 is 14.7 Å². The Bertz CT molecular complexity index is 288. The Morgan fingerprint density at radius 2 is 2.36 bits per heavy atom. The van der Waals surface area contributed by atoms with E-state index in [1.165, 1.54) is 13.3 Å². The molecule has 0 aromatic rings. The summed E-state index contributed by atoms with van der Waals surface area (Å²) < 4.78 is 10.1. The number of rotatable bonds is 3. The zero-order chi connectivity index (χ0) is 10.6. The fourth-order valence-corrected chi connectivity index (χ4v) is 1.39. The normalized spacial score (nSPS) is 31.9. The fraction of sp³-hybridized carbons (Fsp3) is 0.444. The van der Waals surface area contributed by atoms with Crippen molar-refractivity contribution in [3.63, 3.8) is 0 Å². The van der Waals surface area contributed by atoms with Gasteiger partial charge in [-0.05, 0) is 18.2 Å². The van der Waals surface area contributed by atoms with Crippen molar-refractivity contribution in [1.29, 1.82) is 0 Å². The van der Waals surface area contributed by atoms with Crippen LogP contribution in [0.3, 0.4) is 0 Å². The minimum Gasteiger partial charge on any atom is -0.497 e. The highest BCUT2D eigenvalue weighted by molar-refractivity contribution is 6.25. The second-order valence-corrected chi connectivity index (χ2v) is 3.39. The van der Waals surface area contributed by atoms with Crippen LogP contribution >= 0.6 is 11.6 Å². The third kappa shape index (κ3) is 2.08. The molecule has 0 radical (unpaired) electrons. The van der Waals surface area contributed by atoms with Gasteiger partial charge in [-0.1, -0.05) is 11.6 Å². The molecule has 0 spiro atoms. The van der Waals surface area contributed by atoms with Gasteiger partial charge in [0.25, 0.3) is 0 Å². The van der Waals surface area contributed by atoms with Crippen LogP contribution in [0.15, 0.2) is 29.1 Å². The Hall–Kier alpha value is -1.00. The Morgan fingerprint density at radius 1 is 1.64 bits per heavy atom. The number of ether oxygens (including phenoxy) is 2. The first-order valence-corrected chi connectivity index (χ1v) is 4.40. The number of methoxy groups -OCH3 is 2. The largest absolute Gasteiger partial charge is 0.497 e. The molecule has 1 rings (SSSR count). The van der Waals surface area contributed by atoms with Gasteiger partial charge in [0.1, 0.15) is 5.76 Å². The molecule has 5 heteroatoms. The van der Waals surface area contributed by atoms with E-state index in [1.807, 2.05) is 0 Å². The maximum atomic E-state index is 8.47. The summed E-state index contributed by atoms with van der Waals surface area (Å²) in [4.78, 5) is 0. The molecule has 14 heavy (non-hydrogen) atoms. The Labute approximate surface area is 87.4 Å². The Morgan fingerprint density at radius 3 is 2.86 bits per heavy atom. The van der Waals surface area contributed by atoms with E-state index in [9.17, 15) is 0 Å². The van der Waals surface area contributed by atoms with Gasteiger partial charge >= 0.3 is 0 Å². The fourth-order valence-electron chi connectivity index (χ4n) is 1.21. The number of hydrogen-bond acceptors (Lipinski definition) is 4. The van der Waals surface area contributed by atoms with Crippen molar-refractivity contribution in [2.75, 3.05) is 14.2 Å². The lowest BCUT2D eigenvalue weighted by Crippen LogP contribution is -2.34. The Balaban J connectivity index is 2.94. The van der Waals surface area contributed by atoms with E-state index in [1.54, 1.807) is 25.3 Å². The van der Waals surface area contributed by atoms with Crippen molar-refractivity contribution in [1.82, 2.24) is 0 Å². The first-order chi connectivity index (χ1) is 6.66. The third-order valence-electron chi connectivity index (χ3n) is 2.05. The number of allylic oxidation sites excluding steroid dienone is 1. The zero-order valence-electron chi connectivity index (χ0n) is 7.98. The summed E-state index contributed by atoms with van der Waals surface area (Å²) in [6, 6.07) is 0. The summed E-state index contributed by atoms with van der Waals surface area (Å²) in [5, 5.41) is 10.4. The molecule has 4 nitrogen and oxygen atoms in total. The number of nitrogens with zero attached hydrogens (tertiary/aromatic N) is 1. The molecule has 78 valence electrons. The molecule has 0 aromatic heterocycles. The highest BCUT2D eigenvalue weighted by Gasteiger charge is 2.35. The molecular weight excluding hydrogens is 206 g/mol. The molecule has 0 unspecified atom stereocenters. The van der Waals surface area contributed by atoms with Crippen molar-refractivity contribution >= 4 is 17.8 Å². The molecule has 0 heterocycles. The van der Waals surface area contributed by atoms with E-state index in [4.69, 9.17) is 26.3 Å². The van der Waals surface area contributed by atoms with Gasteiger partial charge in [-0.3, -0.25) is 0 Å². The lowest BCUT2D eigenvalue weighted by Gasteiger charge is -2.29. The van der Waals surface area contributed by atoms with E-state index in [0.717, 1.165) is 0 Å². The second kappa shape index (κ2) is 4.48. The monoisotopic (exact) mass is 217 g/mol. The van der Waals surface area contributed by atoms with Crippen molar-refractivity contribution in [3.8, 4) is 0 Å². The van der Waals surface area contributed by atoms with E-state index in [2.05, 4.69) is 5.16 Å². The van der Waals surface area contributed by atoms with Gasteiger partial charge in [0.2, 0.25) is 0 Å². The third-order valence-corrected chi connectivity index (χ3v) is 2.58. The van der Waals surface area contributed by atoms with Crippen LogP contribution in [0, 0.1) is 5.92 Å². The van der Waals surface area contributed by atoms with Crippen LogP contribution in [0.2, 0.25) is 0 Å². The number of oxime groups is 1. The van der Waals surface area contributed by atoms with Crippen LogP contribution in [-0.4, -0.2) is 30.7 Å². The second-order valence-electron chi connectivity index (χ2n) is 2.80. The highest BCUT2D eigenvalue weighted by Crippen LogP contribution is 2.33. The van der Waals surface area contributed by atoms with Crippen molar-refractivity contribution in [2.24, 2.45) is 11.1 Å². The summed E-state index contributed by atoms with van der Waals surface area (Å²) in [6.07, 6.45) is 6.37. The summed E-state index contributed by atoms with van der Waals surface area (Å²) in [5.41, 5.74) is 0. The molecule has 2 atom stereocenters. The number of alkyl halides is 1. The maximum absolute atomic E-state index is 8.47. The first kappa shape index (κ1) is 11.1. The number of halogens is 1.